The molecule has 1 aliphatic heterocycles. The number of amides is 1. The molecule has 4 rings (SSSR count). The first-order valence-corrected chi connectivity index (χ1v) is 11.2. The molecule has 2 N–H and O–H groups in total. The maximum absolute atomic E-state index is 13.3. The van der Waals surface area contributed by atoms with Crippen molar-refractivity contribution in [3.05, 3.63) is 75.8 Å². The number of carbonyl (C=O) groups excluding carboxylic acids is 1. The summed E-state index contributed by atoms with van der Waals surface area (Å²) in [6, 6.07) is 11.0. The standard InChI is InChI=1S/C21H20FN3O4S/c22-15-2-4-16(5-3-15)25-13-18(21(23)27)20(26)17-11-14(1-6-19(17)25)12-24-7-9-30(28,29)10-8-24/h1-6,11,13H,7-10,12H2,(H2,23,27). The van der Waals surface area contributed by atoms with Gasteiger partial charge in [0, 0.05) is 36.9 Å². The van der Waals surface area contributed by atoms with Gasteiger partial charge in [0.15, 0.2) is 9.84 Å². The van der Waals surface area contributed by atoms with E-state index in [0.29, 0.717) is 36.2 Å². The number of halogens is 1. The highest BCUT2D eigenvalue weighted by Gasteiger charge is 2.22. The normalized spacial score (nSPS) is 16.6. The number of sulfone groups is 1. The van der Waals surface area contributed by atoms with Crippen molar-refractivity contribution < 1.29 is 17.6 Å². The van der Waals surface area contributed by atoms with Crippen LogP contribution in [0.1, 0.15) is 15.9 Å². The highest BCUT2D eigenvalue weighted by molar-refractivity contribution is 7.91. The number of nitrogens with two attached hydrogens (primary N) is 1. The lowest BCUT2D eigenvalue weighted by Gasteiger charge is -2.26. The van der Waals surface area contributed by atoms with Crippen LogP contribution >= 0.6 is 0 Å². The van der Waals surface area contributed by atoms with Crippen LogP contribution in [0, 0.1) is 5.82 Å². The van der Waals surface area contributed by atoms with Gasteiger partial charge in [0.2, 0.25) is 5.43 Å². The zero-order valence-electron chi connectivity index (χ0n) is 16.0. The smallest absolute Gasteiger partial charge is 0.254 e. The number of hydrogen-bond donors (Lipinski definition) is 1. The molecular weight excluding hydrogens is 409 g/mol. The molecule has 7 nitrogen and oxygen atoms in total. The van der Waals surface area contributed by atoms with Gasteiger partial charge in [-0.3, -0.25) is 14.5 Å². The first kappa shape index (κ1) is 20.2. The fourth-order valence-corrected chi connectivity index (χ4v) is 4.91. The lowest BCUT2D eigenvalue weighted by molar-refractivity contribution is 0.0999. The van der Waals surface area contributed by atoms with Crippen molar-refractivity contribution in [1.82, 2.24) is 9.47 Å². The molecule has 1 aliphatic rings. The van der Waals surface area contributed by atoms with Gasteiger partial charge < -0.3 is 10.3 Å². The largest absolute Gasteiger partial charge is 0.365 e. The summed E-state index contributed by atoms with van der Waals surface area (Å²) < 4.78 is 38.2. The molecule has 30 heavy (non-hydrogen) atoms. The van der Waals surface area contributed by atoms with Gasteiger partial charge in [-0.05, 0) is 42.0 Å². The monoisotopic (exact) mass is 429 g/mol. The van der Waals surface area contributed by atoms with Gasteiger partial charge in [-0.15, -0.1) is 0 Å². The molecule has 1 saturated heterocycles. The summed E-state index contributed by atoms with van der Waals surface area (Å²) in [7, 11) is -2.98. The summed E-state index contributed by atoms with van der Waals surface area (Å²) in [5, 5.41) is 0.317. The average Bonchev–Trinajstić information content (AvgIpc) is 2.71. The topological polar surface area (TPSA) is 102 Å². The number of aromatic nitrogens is 1. The van der Waals surface area contributed by atoms with Crippen molar-refractivity contribution in [1.29, 1.82) is 0 Å². The van der Waals surface area contributed by atoms with E-state index in [2.05, 4.69) is 0 Å². The number of primary amides is 1. The third-order valence-electron chi connectivity index (χ3n) is 5.28. The average molecular weight is 429 g/mol. The Bertz CT molecular complexity index is 1290. The van der Waals surface area contributed by atoms with Gasteiger partial charge in [0.05, 0.1) is 17.0 Å². The zero-order chi connectivity index (χ0) is 21.5. The second kappa shape index (κ2) is 7.66. The van der Waals surface area contributed by atoms with E-state index in [9.17, 15) is 22.4 Å². The minimum Gasteiger partial charge on any atom is -0.365 e. The molecule has 0 atom stereocenters. The molecule has 0 bridgehead atoms. The van der Waals surface area contributed by atoms with Gasteiger partial charge >= 0.3 is 0 Å². The lowest BCUT2D eigenvalue weighted by atomic mass is 10.1. The Hall–Kier alpha value is -3.04. The molecular formula is C21H20FN3O4S. The maximum Gasteiger partial charge on any atom is 0.254 e. The van der Waals surface area contributed by atoms with Crippen molar-refractivity contribution in [2.75, 3.05) is 24.6 Å². The van der Waals surface area contributed by atoms with Crippen LogP contribution in [0.4, 0.5) is 4.39 Å². The van der Waals surface area contributed by atoms with E-state index in [0.717, 1.165) is 5.56 Å². The van der Waals surface area contributed by atoms with E-state index in [1.165, 1.54) is 18.3 Å². The Morgan fingerprint density at radius 2 is 1.73 bits per heavy atom. The van der Waals surface area contributed by atoms with E-state index in [1.807, 2.05) is 11.0 Å². The molecule has 2 heterocycles. The number of carbonyl (C=O) groups is 1. The molecule has 9 heteroatoms. The second-order valence-corrected chi connectivity index (χ2v) is 9.67. The molecule has 1 amide bonds. The maximum atomic E-state index is 13.3. The van der Waals surface area contributed by atoms with Crippen molar-refractivity contribution in [3.63, 3.8) is 0 Å². The fourth-order valence-electron chi connectivity index (χ4n) is 3.63. The number of pyridine rings is 1. The van der Waals surface area contributed by atoms with Crippen LogP contribution in [-0.4, -0.2) is 48.4 Å². The van der Waals surface area contributed by atoms with Gasteiger partial charge in [-0.1, -0.05) is 6.07 Å². The van der Waals surface area contributed by atoms with E-state index in [4.69, 9.17) is 5.73 Å². The first-order valence-electron chi connectivity index (χ1n) is 9.40. The van der Waals surface area contributed by atoms with Crippen molar-refractivity contribution in [3.8, 4) is 5.69 Å². The molecule has 156 valence electrons. The van der Waals surface area contributed by atoms with Crippen molar-refractivity contribution in [2.24, 2.45) is 5.73 Å². The number of benzene rings is 2. The van der Waals surface area contributed by atoms with Crippen LogP contribution < -0.4 is 11.2 Å². The van der Waals surface area contributed by atoms with Crippen LogP contribution in [0.25, 0.3) is 16.6 Å². The quantitative estimate of drug-likeness (QED) is 0.677. The molecule has 1 fully saturated rings. The van der Waals surface area contributed by atoms with E-state index >= 15 is 0 Å². The van der Waals surface area contributed by atoms with Crippen LogP contribution in [0.5, 0.6) is 0 Å². The third-order valence-corrected chi connectivity index (χ3v) is 6.89. The lowest BCUT2D eigenvalue weighted by Crippen LogP contribution is -2.39. The van der Waals surface area contributed by atoms with Crippen LogP contribution in [0.2, 0.25) is 0 Å². The molecule has 0 aliphatic carbocycles. The van der Waals surface area contributed by atoms with Crippen LogP contribution in [-0.2, 0) is 16.4 Å². The Labute approximate surface area is 172 Å². The number of nitrogens with zero attached hydrogens (tertiary/aromatic N) is 2. The first-order chi connectivity index (χ1) is 14.2. The number of rotatable bonds is 4. The summed E-state index contributed by atoms with van der Waals surface area (Å²) in [6.45, 7) is 1.35. The van der Waals surface area contributed by atoms with E-state index < -0.39 is 27.0 Å². The van der Waals surface area contributed by atoms with E-state index in [-0.39, 0.29) is 17.1 Å². The van der Waals surface area contributed by atoms with Crippen LogP contribution in [0.3, 0.4) is 0 Å². The Kier molecular flexibility index (Phi) is 5.17. The third kappa shape index (κ3) is 3.99. The number of hydrogen-bond acceptors (Lipinski definition) is 5. The van der Waals surface area contributed by atoms with E-state index in [1.54, 1.807) is 28.8 Å². The molecule has 0 spiro atoms. The van der Waals surface area contributed by atoms with Crippen molar-refractivity contribution >= 4 is 26.6 Å². The summed E-state index contributed by atoms with van der Waals surface area (Å²) in [5.41, 5.74) is 6.74. The minimum atomic E-state index is -2.98. The molecule has 0 unspecified atom stereocenters. The zero-order valence-corrected chi connectivity index (χ0v) is 16.9. The van der Waals surface area contributed by atoms with Crippen molar-refractivity contribution in [2.45, 2.75) is 6.54 Å². The second-order valence-electron chi connectivity index (χ2n) is 7.36. The van der Waals surface area contributed by atoms with Crippen LogP contribution in [0.15, 0.2) is 53.5 Å². The predicted octanol–water partition coefficient (Wildman–Crippen LogP) is 1.46. The highest BCUT2D eigenvalue weighted by Crippen LogP contribution is 2.21. The summed E-state index contributed by atoms with van der Waals surface area (Å²) in [4.78, 5) is 26.7. The summed E-state index contributed by atoms with van der Waals surface area (Å²) >= 11 is 0. The highest BCUT2D eigenvalue weighted by atomic mass is 32.2. The summed E-state index contributed by atoms with van der Waals surface area (Å²) in [5.74, 6) is -1.01. The van der Waals surface area contributed by atoms with Gasteiger partial charge in [-0.25, -0.2) is 12.8 Å². The molecule has 3 aromatic rings. The van der Waals surface area contributed by atoms with Gasteiger partial charge in [0.1, 0.15) is 11.4 Å². The predicted molar refractivity (Wildman–Crippen MR) is 112 cm³/mol. The van der Waals surface area contributed by atoms with Gasteiger partial charge in [0.25, 0.3) is 5.91 Å². The molecule has 0 saturated carbocycles. The molecule has 0 radical (unpaired) electrons. The Balaban J connectivity index is 1.79. The molecule has 1 aromatic heterocycles. The number of fused-ring (bicyclic) bond motifs is 1. The molecule has 2 aromatic carbocycles. The Morgan fingerprint density at radius 1 is 1.07 bits per heavy atom. The fraction of sp³-hybridized carbons (Fsp3) is 0.238. The summed E-state index contributed by atoms with van der Waals surface area (Å²) in [6.07, 6.45) is 1.37. The SMILES string of the molecule is NC(=O)c1cn(-c2ccc(F)cc2)c2ccc(CN3CCS(=O)(=O)CC3)cc2c1=O. The van der Waals surface area contributed by atoms with Gasteiger partial charge in [-0.2, -0.15) is 0 Å². The minimum absolute atomic E-state index is 0.115. The Morgan fingerprint density at radius 3 is 2.37 bits per heavy atom.